The molecule has 51 heavy (non-hydrogen) atoms. The van der Waals surface area contributed by atoms with E-state index in [0.29, 0.717) is 49.5 Å². The summed E-state index contributed by atoms with van der Waals surface area (Å²) >= 11 is 0. The number of benzene rings is 2. The summed E-state index contributed by atoms with van der Waals surface area (Å²) in [6.45, 7) is 8.22. The van der Waals surface area contributed by atoms with Gasteiger partial charge in [-0.15, -0.1) is 18.3 Å². The first kappa shape index (κ1) is 36.1. The van der Waals surface area contributed by atoms with E-state index < -0.39 is 31.4 Å². The first-order valence-electron chi connectivity index (χ1n) is 16.8. The maximum atomic E-state index is 13.3. The summed E-state index contributed by atoms with van der Waals surface area (Å²) in [5.41, 5.74) is 0.521. The smallest absolute Gasteiger partial charge is 0.405 e. The number of alkyl halides is 3. The number of piperidine rings is 1. The van der Waals surface area contributed by atoms with E-state index in [-0.39, 0.29) is 42.4 Å². The number of hydrogen-bond acceptors (Lipinski definition) is 10. The molecule has 1 aliphatic heterocycles. The van der Waals surface area contributed by atoms with E-state index in [9.17, 15) is 28.0 Å². The topological polar surface area (TPSA) is 138 Å². The van der Waals surface area contributed by atoms with Crippen molar-refractivity contribution < 1.29 is 31.9 Å². The minimum absolute atomic E-state index is 0.0989. The SMILES string of the molecule is C[Si](C)(C)CCOCn1c(=O)c(C#N)nn(-c2ccc(N3CCC(OCc4c(-c5ccccc5OC(F)(F)F)noc4C4CC4)CC3)cc2)c1=O. The number of ether oxygens (including phenoxy) is 3. The third-order valence-corrected chi connectivity index (χ3v) is 10.6. The minimum Gasteiger partial charge on any atom is -0.405 e. The third-order valence-electron chi connectivity index (χ3n) is 8.88. The van der Waals surface area contributed by atoms with E-state index in [2.05, 4.69) is 39.5 Å². The standard InChI is InChI=1S/C35H39F3N6O6Si/c1-51(2,3)19-18-47-22-43-33(45)29(20-39)40-44(34(43)46)25-12-10-24(11-13-25)42-16-14-26(15-17-42)48-21-28-31(41-50-32(28)23-8-9-23)27-6-4-5-7-30(27)49-35(36,37)38/h4-7,10-13,23,26H,8-9,14-19,21-22H2,1-3H3. The Hall–Kier alpha value is -4.72. The van der Waals surface area contributed by atoms with Crippen LogP contribution in [0.1, 0.15) is 48.6 Å². The maximum Gasteiger partial charge on any atom is 0.573 e. The fraction of sp³-hybridized carbons (Fsp3) is 0.457. The molecule has 1 aliphatic carbocycles. The number of halogens is 3. The summed E-state index contributed by atoms with van der Waals surface area (Å²) in [6, 6.07) is 15.6. The van der Waals surface area contributed by atoms with E-state index in [0.717, 1.165) is 33.8 Å². The fourth-order valence-corrected chi connectivity index (χ4v) is 6.66. The van der Waals surface area contributed by atoms with Crippen molar-refractivity contribution in [1.29, 1.82) is 5.26 Å². The van der Waals surface area contributed by atoms with Gasteiger partial charge in [-0.05, 0) is 68.1 Å². The van der Waals surface area contributed by atoms with Crippen molar-refractivity contribution in [3.05, 3.63) is 86.4 Å². The first-order chi connectivity index (χ1) is 24.3. The predicted molar refractivity (Wildman–Crippen MR) is 184 cm³/mol. The van der Waals surface area contributed by atoms with Gasteiger partial charge in [-0.2, -0.15) is 9.94 Å². The molecule has 0 radical (unpaired) electrons. The molecule has 0 atom stereocenters. The van der Waals surface area contributed by atoms with Crippen LogP contribution in [0.5, 0.6) is 5.75 Å². The molecule has 2 aromatic carbocycles. The van der Waals surface area contributed by atoms with Gasteiger partial charge in [0, 0.05) is 50.5 Å². The average Bonchev–Trinajstić information content (AvgIpc) is 3.85. The molecule has 2 fully saturated rings. The van der Waals surface area contributed by atoms with Gasteiger partial charge in [-0.25, -0.2) is 9.36 Å². The largest absolute Gasteiger partial charge is 0.573 e. The normalized spacial score (nSPS) is 15.6. The van der Waals surface area contributed by atoms with Gasteiger partial charge in [0.05, 0.1) is 18.4 Å². The highest BCUT2D eigenvalue weighted by atomic mass is 28.3. The van der Waals surface area contributed by atoms with Crippen molar-refractivity contribution in [3.8, 4) is 28.8 Å². The van der Waals surface area contributed by atoms with Crippen molar-refractivity contribution in [2.45, 2.75) is 83.1 Å². The van der Waals surface area contributed by atoms with Gasteiger partial charge in [-0.1, -0.05) is 36.9 Å². The van der Waals surface area contributed by atoms with Crippen molar-refractivity contribution in [2.24, 2.45) is 0 Å². The highest BCUT2D eigenvalue weighted by Crippen LogP contribution is 2.46. The Bertz CT molecular complexity index is 2000. The number of hydrogen-bond donors (Lipinski definition) is 0. The molecule has 4 aromatic rings. The maximum absolute atomic E-state index is 13.3. The summed E-state index contributed by atoms with van der Waals surface area (Å²) in [5.74, 6) is 0.458. The lowest BCUT2D eigenvalue weighted by molar-refractivity contribution is -0.274. The van der Waals surface area contributed by atoms with Gasteiger partial charge in [0.15, 0.2) is 0 Å². The number of aromatic nitrogens is 4. The molecule has 0 N–H and O–H groups in total. The van der Waals surface area contributed by atoms with Crippen LogP contribution in [0, 0.1) is 11.3 Å². The second kappa shape index (κ2) is 14.9. The summed E-state index contributed by atoms with van der Waals surface area (Å²) in [7, 11) is -1.38. The van der Waals surface area contributed by atoms with Gasteiger partial charge in [0.25, 0.3) is 5.56 Å². The molecule has 0 amide bonds. The lowest BCUT2D eigenvalue weighted by Crippen LogP contribution is -2.43. The predicted octanol–water partition coefficient (Wildman–Crippen LogP) is 6.19. The van der Waals surface area contributed by atoms with Crippen LogP contribution in [-0.4, -0.2) is 59.7 Å². The van der Waals surface area contributed by atoms with Gasteiger partial charge in [-0.3, -0.25) is 4.79 Å². The Morgan fingerprint density at radius 3 is 2.33 bits per heavy atom. The highest BCUT2D eigenvalue weighted by molar-refractivity contribution is 6.76. The van der Waals surface area contributed by atoms with Crippen LogP contribution in [0.15, 0.2) is 62.6 Å². The van der Waals surface area contributed by atoms with Crippen molar-refractivity contribution in [2.75, 3.05) is 24.6 Å². The van der Waals surface area contributed by atoms with Crippen LogP contribution in [0.4, 0.5) is 18.9 Å². The first-order valence-corrected chi connectivity index (χ1v) is 20.5. The van der Waals surface area contributed by atoms with Gasteiger partial charge < -0.3 is 23.6 Å². The number of rotatable bonds is 13. The lowest BCUT2D eigenvalue weighted by Gasteiger charge is -2.33. The zero-order valence-corrected chi connectivity index (χ0v) is 29.6. The Balaban J connectivity index is 1.10. The molecule has 12 nitrogen and oxygen atoms in total. The summed E-state index contributed by atoms with van der Waals surface area (Å²) < 4.78 is 63.2. The number of para-hydroxylation sites is 1. The molecule has 0 bridgehead atoms. The number of nitriles is 1. The van der Waals surface area contributed by atoms with Crippen molar-refractivity contribution in [3.63, 3.8) is 0 Å². The van der Waals surface area contributed by atoms with Gasteiger partial charge >= 0.3 is 12.1 Å². The molecular formula is C35H39F3N6O6Si. The van der Waals surface area contributed by atoms with Crippen molar-refractivity contribution >= 4 is 13.8 Å². The Morgan fingerprint density at radius 1 is 1.00 bits per heavy atom. The molecular weight excluding hydrogens is 686 g/mol. The van der Waals surface area contributed by atoms with Crippen LogP contribution in [-0.2, 0) is 22.8 Å². The van der Waals surface area contributed by atoms with Gasteiger partial charge in [0.2, 0.25) is 5.69 Å². The van der Waals surface area contributed by atoms with Crippen LogP contribution in [0.3, 0.4) is 0 Å². The van der Waals surface area contributed by atoms with E-state index in [4.69, 9.17) is 14.0 Å². The zero-order chi connectivity index (χ0) is 36.3. The second-order valence-electron chi connectivity index (χ2n) is 13.9. The Labute approximate surface area is 293 Å². The Kier molecular flexibility index (Phi) is 10.5. The van der Waals surface area contributed by atoms with Crippen LogP contribution in [0.25, 0.3) is 16.9 Å². The summed E-state index contributed by atoms with van der Waals surface area (Å²) in [5, 5.41) is 17.7. The van der Waals surface area contributed by atoms with Crippen LogP contribution in [0.2, 0.25) is 25.7 Å². The van der Waals surface area contributed by atoms with Crippen LogP contribution >= 0.6 is 0 Å². The van der Waals surface area contributed by atoms with E-state index >= 15 is 0 Å². The molecule has 3 heterocycles. The molecule has 6 rings (SSSR count). The molecule has 16 heteroatoms. The molecule has 2 aromatic heterocycles. The van der Waals surface area contributed by atoms with Crippen LogP contribution < -0.4 is 20.9 Å². The van der Waals surface area contributed by atoms with Gasteiger partial charge in [0.1, 0.15) is 30.0 Å². The second-order valence-corrected chi connectivity index (χ2v) is 19.6. The molecule has 2 aliphatic rings. The minimum atomic E-state index is -4.85. The highest BCUT2D eigenvalue weighted by Gasteiger charge is 2.36. The Morgan fingerprint density at radius 2 is 1.69 bits per heavy atom. The molecule has 270 valence electrons. The molecule has 0 spiro atoms. The summed E-state index contributed by atoms with van der Waals surface area (Å²) in [6.07, 6.45) is -1.72. The monoisotopic (exact) mass is 724 g/mol. The number of anilines is 1. The van der Waals surface area contributed by atoms with Crippen molar-refractivity contribution in [1.82, 2.24) is 19.5 Å². The zero-order valence-electron chi connectivity index (χ0n) is 28.6. The molecule has 0 unspecified atom stereocenters. The average molecular weight is 725 g/mol. The number of nitrogens with zero attached hydrogens (tertiary/aromatic N) is 6. The van der Waals surface area contributed by atoms with E-state index in [1.165, 1.54) is 18.2 Å². The quantitative estimate of drug-likeness (QED) is 0.116. The van der Waals surface area contributed by atoms with E-state index in [1.54, 1.807) is 24.3 Å². The lowest BCUT2D eigenvalue weighted by atomic mass is 10.0. The molecule has 1 saturated carbocycles. The third kappa shape index (κ3) is 8.78. The van der Waals surface area contributed by atoms with E-state index in [1.807, 2.05) is 12.1 Å². The summed E-state index contributed by atoms with van der Waals surface area (Å²) in [4.78, 5) is 28.1. The fourth-order valence-electron chi connectivity index (χ4n) is 5.90. The molecule has 1 saturated heterocycles.